The average molecular weight is 385 g/mol. The van der Waals surface area contributed by atoms with Gasteiger partial charge in [0.05, 0.1) is 4.90 Å². The van der Waals surface area contributed by atoms with E-state index in [4.69, 9.17) is 5.73 Å². The molecule has 0 amide bonds. The van der Waals surface area contributed by atoms with E-state index in [0.717, 1.165) is 10.5 Å². The first-order chi connectivity index (χ1) is 11.0. The van der Waals surface area contributed by atoms with Crippen LogP contribution in [-0.2, 0) is 10.0 Å². The first kappa shape index (κ1) is 19.3. The molecule has 0 unspecified atom stereocenters. The summed E-state index contributed by atoms with van der Waals surface area (Å²) in [6, 6.07) is 16.7. The molecule has 0 saturated carbocycles. The summed E-state index contributed by atoms with van der Waals surface area (Å²) < 4.78 is 27.1. The number of halogens is 1. The van der Waals surface area contributed by atoms with Gasteiger partial charge in [-0.2, -0.15) is 4.31 Å². The summed E-state index contributed by atoms with van der Waals surface area (Å²) in [4.78, 5) is 1.38. The van der Waals surface area contributed by atoms with Gasteiger partial charge in [-0.1, -0.05) is 30.3 Å². The van der Waals surface area contributed by atoms with E-state index >= 15 is 0 Å². The number of thioether (sulfide) groups is 1. The Balaban J connectivity index is 0.00000208. The van der Waals surface area contributed by atoms with Crippen molar-refractivity contribution in [2.24, 2.45) is 5.73 Å². The van der Waals surface area contributed by atoms with E-state index in [2.05, 4.69) is 0 Å². The smallest absolute Gasteiger partial charge is 0.243 e. The molecule has 3 rings (SSSR count). The van der Waals surface area contributed by atoms with Gasteiger partial charge in [0.15, 0.2) is 0 Å². The van der Waals surface area contributed by atoms with E-state index in [9.17, 15) is 8.42 Å². The van der Waals surface area contributed by atoms with Gasteiger partial charge >= 0.3 is 0 Å². The number of hydrogen-bond acceptors (Lipinski definition) is 4. The van der Waals surface area contributed by atoms with Crippen LogP contribution >= 0.6 is 24.2 Å². The van der Waals surface area contributed by atoms with Crippen molar-refractivity contribution in [1.82, 2.24) is 4.31 Å². The van der Waals surface area contributed by atoms with Gasteiger partial charge < -0.3 is 5.73 Å². The van der Waals surface area contributed by atoms with Crippen molar-refractivity contribution in [3.05, 3.63) is 60.2 Å². The highest BCUT2D eigenvalue weighted by Gasteiger charge is 2.38. The molecule has 0 bridgehead atoms. The topological polar surface area (TPSA) is 63.4 Å². The fraction of sp³-hybridized carbons (Fsp3) is 0.294. The molecule has 0 spiro atoms. The third-order valence-corrected chi connectivity index (χ3v) is 6.85. The van der Waals surface area contributed by atoms with Crippen molar-refractivity contribution >= 4 is 34.2 Å². The Labute approximate surface area is 153 Å². The molecular formula is C17H21ClN2O2S2. The van der Waals surface area contributed by atoms with Gasteiger partial charge in [0.2, 0.25) is 10.0 Å². The van der Waals surface area contributed by atoms with E-state index < -0.39 is 10.0 Å². The van der Waals surface area contributed by atoms with Crippen LogP contribution in [0.3, 0.4) is 0 Å². The van der Waals surface area contributed by atoms with Gasteiger partial charge in [0.1, 0.15) is 0 Å². The zero-order chi connectivity index (χ0) is 16.4. The van der Waals surface area contributed by atoms with Gasteiger partial charge in [-0.25, -0.2) is 8.42 Å². The first-order valence-corrected chi connectivity index (χ1v) is 10.1. The highest BCUT2D eigenvalue weighted by molar-refractivity contribution is 7.98. The Morgan fingerprint density at radius 1 is 1.04 bits per heavy atom. The number of benzene rings is 2. The van der Waals surface area contributed by atoms with Crippen LogP contribution in [-0.4, -0.2) is 38.1 Å². The lowest BCUT2D eigenvalue weighted by Gasteiger charge is -2.17. The molecule has 0 radical (unpaired) electrons. The summed E-state index contributed by atoms with van der Waals surface area (Å²) >= 11 is 1.59. The van der Waals surface area contributed by atoms with E-state index in [1.807, 2.05) is 48.7 Å². The summed E-state index contributed by atoms with van der Waals surface area (Å²) in [5.41, 5.74) is 7.31. The van der Waals surface area contributed by atoms with Crippen molar-refractivity contribution < 1.29 is 8.42 Å². The minimum Gasteiger partial charge on any atom is -0.326 e. The van der Waals surface area contributed by atoms with Crippen LogP contribution in [0.2, 0.25) is 0 Å². The fourth-order valence-electron chi connectivity index (χ4n) is 2.94. The molecule has 1 aliphatic rings. The lowest BCUT2D eigenvalue weighted by molar-refractivity contribution is 0.470. The number of nitrogens with two attached hydrogens (primary N) is 1. The maximum atomic E-state index is 12.8. The van der Waals surface area contributed by atoms with Crippen LogP contribution in [0.1, 0.15) is 11.5 Å². The summed E-state index contributed by atoms with van der Waals surface area (Å²) in [6.07, 6.45) is 1.97. The van der Waals surface area contributed by atoms with Gasteiger partial charge in [0, 0.05) is 29.9 Å². The largest absolute Gasteiger partial charge is 0.326 e. The average Bonchev–Trinajstić information content (AvgIpc) is 2.98. The maximum Gasteiger partial charge on any atom is 0.243 e. The monoisotopic (exact) mass is 384 g/mol. The van der Waals surface area contributed by atoms with E-state index in [0.29, 0.717) is 18.0 Å². The quantitative estimate of drug-likeness (QED) is 0.823. The fourth-order valence-corrected chi connectivity index (χ4v) is 4.85. The summed E-state index contributed by atoms with van der Waals surface area (Å²) in [5, 5.41) is 0. The molecule has 0 aliphatic carbocycles. The zero-order valence-corrected chi connectivity index (χ0v) is 15.8. The predicted octanol–water partition coefficient (Wildman–Crippen LogP) is 2.95. The van der Waals surface area contributed by atoms with Crippen LogP contribution in [0.4, 0.5) is 0 Å². The standard InChI is InChI=1S/C17H20N2O2S2.ClH/c1-22-14-7-9-15(10-8-14)23(20,21)19-11-16(17(18)12-19)13-5-3-2-4-6-13;/h2-10,16-17H,11-12,18H2,1H3;1H/t16-,17+;/m0./s1. The van der Waals surface area contributed by atoms with E-state index in [1.54, 1.807) is 23.9 Å². The molecule has 0 aromatic heterocycles. The van der Waals surface area contributed by atoms with Crippen LogP contribution in [0, 0.1) is 0 Å². The number of nitrogens with zero attached hydrogens (tertiary/aromatic N) is 1. The molecule has 1 saturated heterocycles. The minimum atomic E-state index is -3.49. The van der Waals surface area contributed by atoms with E-state index in [-0.39, 0.29) is 24.4 Å². The van der Waals surface area contributed by atoms with E-state index in [1.165, 1.54) is 4.31 Å². The van der Waals surface area contributed by atoms with Crippen LogP contribution in [0.25, 0.3) is 0 Å². The van der Waals surface area contributed by atoms with Gasteiger partial charge in [-0.05, 0) is 36.1 Å². The Morgan fingerprint density at radius 2 is 1.67 bits per heavy atom. The third kappa shape index (κ3) is 3.78. The molecule has 24 heavy (non-hydrogen) atoms. The molecule has 7 heteroatoms. The van der Waals surface area contributed by atoms with Crippen LogP contribution in [0.5, 0.6) is 0 Å². The number of sulfonamides is 1. The molecule has 4 nitrogen and oxygen atoms in total. The second kappa shape index (κ2) is 7.89. The summed E-state index contributed by atoms with van der Waals surface area (Å²) in [6.45, 7) is 0.782. The Morgan fingerprint density at radius 3 is 2.25 bits per heavy atom. The molecule has 1 fully saturated rings. The van der Waals surface area contributed by atoms with Crippen LogP contribution < -0.4 is 5.73 Å². The van der Waals surface area contributed by atoms with Gasteiger partial charge in [0.25, 0.3) is 0 Å². The molecule has 130 valence electrons. The number of hydrogen-bond donors (Lipinski definition) is 1. The highest BCUT2D eigenvalue weighted by Crippen LogP contribution is 2.30. The Kier molecular flexibility index (Phi) is 6.33. The predicted molar refractivity (Wildman–Crippen MR) is 101 cm³/mol. The third-order valence-electron chi connectivity index (χ3n) is 4.26. The Hall–Kier alpha value is -1.05. The van der Waals surface area contributed by atoms with Gasteiger partial charge in [-0.15, -0.1) is 24.2 Å². The summed E-state index contributed by atoms with van der Waals surface area (Å²) in [7, 11) is -3.49. The summed E-state index contributed by atoms with van der Waals surface area (Å²) in [5.74, 6) is 0.0384. The number of rotatable bonds is 4. The first-order valence-electron chi connectivity index (χ1n) is 7.47. The lowest BCUT2D eigenvalue weighted by atomic mass is 9.95. The zero-order valence-electron chi connectivity index (χ0n) is 13.3. The van der Waals surface area contributed by atoms with Crippen LogP contribution in [0.15, 0.2) is 64.4 Å². The molecule has 1 aliphatic heterocycles. The molecule has 1 heterocycles. The van der Waals surface area contributed by atoms with Gasteiger partial charge in [-0.3, -0.25) is 0 Å². The second-order valence-corrected chi connectivity index (χ2v) is 8.50. The van der Waals surface area contributed by atoms with Crippen molar-refractivity contribution in [3.8, 4) is 0 Å². The SMILES string of the molecule is CSc1ccc(S(=O)(=O)N2C[C@@H](N)[C@H](c3ccccc3)C2)cc1.Cl. The molecule has 2 aromatic rings. The molecule has 2 atom stereocenters. The van der Waals surface area contributed by atoms with Crippen molar-refractivity contribution in [2.75, 3.05) is 19.3 Å². The molecular weight excluding hydrogens is 364 g/mol. The second-order valence-electron chi connectivity index (χ2n) is 5.68. The normalized spacial score (nSPS) is 21.4. The minimum absolute atomic E-state index is 0. The van der Waals surface area contributed by atoms with Crippen molar-refractivity contribution in [2.45, 2.75) is 21.8 Å². The Bertz CT molecular complexity index is 767. The van der Waals surface area contributed by atoms with Crippen molar-refractivity contribution in [1.29, 1.82) is 0 Å². The maximum absolute atomic E-state index is 12.8. The lowest BCUT2D eigenvalue weighted by Crippen LogP contribution is -2.32. The van der Waals surface area contributed by atoms with Crippen molar-refractivity contribution in [3.63, 3.8) is 0 Å². The molecule has 2 aromatic carbocycles. The highest BCUT2D eigenvalue weighted by atomic mass is 35.5. The molecule has 2 N–H and O–H groups in total.